The van der Waals surface area contributed by atoms with E-state index in [0.717, 1.165) is 59.5 Å². The Labute approximate surface area is 223 Å². The summed E-state index contributed by atoms with van der Waals surface area (Å²) in [5.74, 6) is 1.86. The molecule has 9 nitrogen and oxygen atoms in total. The van der Waals surface area contributed by atoms with Crippen LogP contribution in [-0.4, -0.2) is 64.5 Å². The summed E-state index contributed by atoms with van der Waals surface area (Å²) in [6.07, 6.45) is 6.24. The van der Waals surface area contributed by atoms with Crippen molar-refractivity contribution in [2.75, 3.05) is 33.4 Å². The lowest BCUT2D eigenvalue weighted by Crippen LogP contribution is -2.27. The zero-order valence-corrected chi connectivity index (χ0v) is 22.4. The molecule has 0 amide bonds. The third kappa shape index (κ3) is 5.67. The maximum Gasteiger partial charge on any atom is 0.307 e. The van der Waals surface area contributed by atoms with Gasteiger partial charge in [-0.25, -0.2) is 4.98 Å². The first kappa shape index (κ1) is 26.2. The first-order valence-corrected chi connectivity index (χ1v) is 13.6. The van der Waals surface area contributed by atoms with Crippen LogP contribution in [0.15, 0.2) is 28.8 Å². The third-order valence-electron chi connectivity index (χ3n) is 7.74. The highest BCUT2D eigenvalue weighted by Gasteiger charge is 2.28. The van der Waals surface area contributed by atoms with Crippen molar-refractivity contribution in [2.24, 2.45) is 5.92 Å². The van der Waals surface area contributed by atoms with E-state index in [0.29, 0.717) is 49.6 Å². The molecule has 5 rings (SSSR count). The maximum atomic E-state index is 11.2. The zero-order valence-electron chi connectivity index (χ0n) is 22.4. The van der Waals surface area contributed by atoms with Crippen LogP contribution in [0.1, 0.15) is 61.8 Å². The second-order valence-electron chi connectivity index (χ2n) is 10.3. The summed E-state index contributed by atoms with van der Waals surface area (Å²) in [5.41, 5.74) is 4.80. The lowest BCUT2D eigenvalue weighted by Gasteiger charge is -2.18. The van der Waals surface area contributed by atoms with E-state index in [2.05, 4.69) is 34.1 Å². The first-order chi connectivity index (χ1) is 18.4. The van der Waals surface area contributed by atoms with Gasteiger partial charge in [0.2, 0.25) is 11.7 Å². The summed E-state index contributed by atoms with van der Waals surface area (Å²) in [4.78, 5) is 22.8. The predicted molar refractivity (Wildman–Crippen MR) is 143 cm³/mol. The fraction of sp³-hybridized carbons (Fsp3) is 0.517. The molecule has 3 heterocycles. The molecule has 1 aliphatic heterocycles. The number of nitrogens with zero attached hydrogens (tertiary/aromatic N) is 4. The lowest BCUT2D eigenvalue weighted by atomic mass is 10.0. The monoisotopic (exact) mass is 520 g/mol. The Kier molecular flexibility index (Phi) is 7.93. The summed E-state index contributed by atoms with van der Waals surface area (Å²) < 4.78 is 17.3. The highest BCUT2D eigenvalue weighted by molar-refractivity contribution is 5.70. The van der Waals surface area contributed by atoms with Gasteiger partial charge in [0.15, 0.2) is 0 Å². The molecule has 9 heteroatoms. The van der Waals surface area contributed by atoms with E-state index in [1.54, 1.807) is 7.11 Å². The molecule has 0 radical (unpaired) electrons. The highest BCUT2D eigenvalue weighted by Crippen LogP contribution is 2.36. The molecule has 1 atom stereocenters. The van der Waals surface area contributed by atoms with Crippen molar-refractivity contribution in [2.45, 2.75) is 58.3 Å². The minimum atomic E-state index is -0.713. The van der Waals surface area contributed by atoms with Crippen LogP contribution in [0.3, 0.4) is 0 Å². The number of aryl methyl sites for hydroxylation is 2. The van der Waals surface area contributed by atoms with Crippen LogP contribution in [0, 0.1) is 12.8 Å². The second kappa shape index (κ2) is 11.5. The number of carboxylic acid groups (broad SMARTS) is 1. The summed E-state index contributed by atoms with van der Waals surface area (Å²) in [6, 6.07) is 7.98. The zero-order chi connectivity index (χ0) is 26.6. The van der Waals surface area contributed by atoms with Crippen LogP contribution < -0.4 is 9.47 Å². The van der Waals surface area contributed by atoms with Crippen LogP contribution in [-0.2, 0) is 11.2 Å². The van der Waals surface area contributed by atoms with Crippen molar-refractivity contribution in [1.29, 1.82) is 0 Å². The fourth-order valence-electron chi connectivity index (χ4n) is 5.60. The molecule has 2 fully saturated rings. The third-order valence-corrected chi connectivity index (χ3v) is 7.74. The van der Waals surface area contributed by atoms with Gasteiger partial charge < -0.3 is 19.1 Å². The number of carbonyl (C=O) groups is 1. The Balaban J connectivity index is 1.31. The van der Waals surface area contributed by atoms with E-state index in [1.165, 1.54) is 12.8 Å². The molecule has 1 saturated heterocycles. The van der Waals surface area contributed by atoms with Crippen molar-refractivity contribution < 1.29 is 23.9 Å². The number of hydrogen-bond acceptors (Lipinski definition) is 8. The number of aromatic nitrogens is 3. The molecule has 1 aliphatic carbocycles. The molecular formula is C29H36N4O5. The Hall–Kier alpha value is -3.46. The van der Waals surface area contributed by atoms with Crippen molar-refractivity contribution in [3.63, 3.8) is 0 Å². The Morgan fingerprint density at radius 2 is 1.95 bits per heavy atom. The number of aliphatic carboxylic acids is 1. The molecular weight excluding hydrogens is 484 g/mol. The SMILES string of the molecule is CCc1cc(-c2noc(-c3cc(OC)nc(C4CCCC4)c3)n2)cc(C)c1OCCN1CCC(C(=O)O)C1. The number of pyridine rings is 1. The highest BCUT2D eigenvalue weighted by atomic mass is 16.5. The number of methoxy groups -OCH3 is 1. The molecule has 1 unspecified atom stereocenters. The average molecular weight is 521 g/mol. The second-order valence-corrected chi connectivity index (χ2v) is 10.3. The number of ether oxygens (including phenoxy) is 2. The van der Waals surface area contributed by atoms with E-state index in [1.807, 2.05) is 19.1 Å². The van der Waals surface area contributed by atoms with Crippen molar-refractivity contribution >= 4 is 5.97 Å². The molecule has 0 spiro atoms. The van der Waals surface area contributed by atoms with Crippen LogP contribution in [0.4, 0.5) is 0 Å². The van der Waals surface area contributed by atoms with Gasteiger partial charge in [0.1, 0.15) is 12.4 Å². The van der Waals surface area contributed by atoms with Crippen LogP contribution in [0.25, 0.3) is 22.8 Å². The number of rotatable bonds is 10. The van der Waals surface area contributed by atoms with Gasteiger partial charge in [0.25, 0.3) is 5.89 Å². The summed E-state index contributed by atoms with van der Waals surface area (Å²) in [6.45, 7) is 6.73. The van der Waals surface area contributed by atoms with Crippen molar-refractivity contribution in [3.05, 3.63) is 41.1 Å². The van der Waals surface area contributed by atoms with E-state index in [9.17, 15) is 9.90 Å². The molecule has 1 aromatic carbocycles. The summed E-state index contributed by atoms with van der Waals surface area (Å²) >= 11 is 0. The number of hydrogen-bond donors (Lipinski definition) is 1. The van der Waals surface area contributed by atoms with Gasteiger partial charge in [-0.1, -0.05) is 24.9 Å². The molecule has 3 aromatic rings. The quantitative estimate of drug-likeness (QED) is 0.389. The minimum Gasteiger partial charge on any atom is -0.492 e. The predicted octanol–water partition coefficient (Wildman–Crippen LogP) is 5.12. The molecule has 2 aliphatic rings. The lowest BCUT2D eigenvalue weighted by molar-refractivity contribution is -0.141. The Morgan fingerprint density at radius 3 is 2.66 bits per heavy atom. The smallest absolute Gasteiger partial charge is 0.307 e. The van der Waals surface area contributed by atoms with E-state index >= 15 is 0 Å². The maximum absolute atomic E-state index is 11.2. The molecule has 202 valence electrons. The van der Waals surface area contributed by atoms with Crippen molar-refractivity contribution in [3.8, 4) is 34.5 Å². The van der Waals surface area contributed by atoms with Crippen LogP contribution in [0.2, 0.25) is 0 Å². The normalized spacial score (nSPS) is 18.2. The topological polar surface area (TPSA) is 111 Å². The van der Waals surface area contributed by atoms with Gasteiger partial charge in [-0.2, -0.15) is 4.98 Å². The molecule has 1 N–H and O–H groups in total. The Morgan fingerprint density at radius 1 is 1.13 bits per heavy atom. The number of benzene rings is 1. The molecule has 1 saturated carbocycles. The minimum absolute atomic E-state index is 0.274. The number of likely N-dealkylation sites (tertiary alicyclic amines) is 1. The van der Waals surface area contributed by atoms with Gasteiger partial charge in [0.05, 0.1) is 13.0 Å². The molecule has 2 aromatic heterocycles. The summed E-state index contributed by atoms with van der Waals surface area (Å²) in [5, 5.41) is 13.5. The van der Waals surface area contributed by atoms with E-state index in [-0.39, 0.29) is 5.92 Å². The summed E-state index contributed by atoms with van der Waals surface area (Å²) in [7, 11) is 1.63. The fourth-order valence-corrected chi connectivity index (χ4v) is 5.60. The van der Waals surface area contributed by atoms with Gasteiger partial charge in [0, 0.05) is 41.9 Å². The molecule has 38 heavy (non-hydrogen) atoms. The van der Waals surface area contributed by atoms with Gasteiger partial charge >= 0.3 is 5.97 Å². The standard InChI is InChI=1S/C29H36N4O5/c1-4-19-14-22(13-18(2)26(19)37-12-11-33-10-9-21(17-33)29(34)35)27-31-28(38-32-27)23-15-24(20-7-5-6-8-20)30-25(16-23)36-3/h13-16,20-21H,4-12,17H2,1-3H3,(H,34,35). The van der Waals surface area contributed by atoms with Crippen LogP contribution >= 0.6 is 0 Å². The van der Waals surface area contributed by atoms with Crippen LogP contribution in [0.5, 0.6) is 11.6 Å². The molecule has 0 bridgehead atoms. The van der Waals surface area contributed by atoms with Gasteiger partial charge in [-0.05, 0) is 68.5 Å². The average Bonchev–Trinajstić information content (AvgIpc) is 3.71. The van der Waals surface area contributed by atoms with E-state index < -0.39 is 5.97 Å². The van der Waals surface area contributed by atoms with Crippen molar-refractivity contribution in [1.82, 2.24) is 20.0 Å². The Bertz CT molecular complexity index is 1280. The van der Waals surface area contributed by atoms with E-state index in [4.69, 9.17) is 19.0 Å². The van der Waals surface area contributed by atoms with Gasteiger partial charge in [-0.15, -0.1) is 0 Å². The first-order valence-electron chi connectivity index (χ1n) is 13.6. The largest absolute Gasteiger partial charge is 0.492 e. The van der Waals surface area contributed by atoms with Gasteiger partial charge in [-0.3, -0.25) is 9.69 Å². The number of carboxylic acids is 1.